The fourth-order valence-electron chi connectivity index (χ4n) is 3.53. The molecule has 33 heavy (non-hydrogen) atoms. The molecule has 2 heterocycles. The molecule has 8 heteroatoms. The Bertz CT molecular complexity index is 1410. The van der Waals surface area contributed by atoms with Gasteiger partial charge in [0.25, 0.3) is 5.56 Å². The Morgan fingerprint density at radius 1 is 1.09 bits per heavy atom. The average molecular weight is 480 g/mol. The van der Waals surface area contributed by atoms with Gasteiger partial charge in [-0.25, -0.2) is 4.98 Å². The Balaban J connectivity index is 1.70. The second kappa shape index (κ2) is 9.41. The lowest BCUT2D eigenvalue weighted by atomic mass is 10.1. The number of hydrogen-bond donors (Lipinski definition) is 1. The fraction of sp³-hybridized carbons (Fsp3) is 0.240. The maximum atomic E-state index is 13.5. The third-order valence-electron chi connectivity index (χ3n) is 5.71. The van der Waals surface area contributed by atoms with Gasteiger partial charge in [-0.05, 0) is 74.7 Å². The summed E-state index contributed by atoms with van der Waals surface area (Å²) in [6.07, 6.45) is 0. The van der Waals surface area contributed by atoms with Crippen LogP contribution in [0.25, 0.3) is 15.9 Å². The van der Waals surface area contributed by atoms with Crippen molar-refractivity contribution in [1.29, 1.82) is 0 Å². The summed E-state index contributed by atoms with van der Waals surface area (Å²) in [6, 6.07) is 13.1. The van der Waals surface area contributed by atoms with Gasteiger partial charge in [0.15, 0.2) is 5.16 Å². The van der Waals surface area contributed by atoms with Gasteiger partial charge in [-0.3, -0.25) is 14.2 Å². The van der Waals surface area contributed by atoms with Crippen molar-refractivity contribution < 1.29 is 9.53 Å². The minimum Gasteiger partial charge on any atom is -0.497 e. The van der Waals surface area contributed by atoms with Crippen molar-refractivity contribution >= 4 is 44.9 Å². The number of methoxy groups -OCH3 is 1. The first-order valence-electron chi connectivity index (χ1n) is 10.5. The lowest BCUT2D eigenvalue weighted by Crippen LogP contribution is -2.23. The number of thiophene rings is 1. The number of rotatable bonds is 6. The predicted molar refractivity (Wildman–Crippen MR) is 137 cm³/mol. The Morgan fingerprint density at radius 3 is 2.52 bits per heavy atom. The first kappa shape index (κ1) is 23.1. The Morgan fingerprint density at radius 2 is 1.82 bits per heavy atom. The summed E-state index contributed by atoms with van der Waals surface area (Å²) in [5.74, 6) is 0.679. The molecule has 0 saturated heterocycles. The van der Waals surface area contributed by atoms with Gasteiger partial charge in [-0.15, -0.1) is 11.3 Å². The summed E-state index contributed by atoms with van der Waals surface area (Å²) < 4.78 is 6.83. The molecule has 0 fully saturated rings. The monoisotopic (exact) mass is 479 g/mol. The van der Waals surface area contributed by atoms with Crippen LogP contribution in [0, 0.1) is 27.7 Å². The molecule has 1 amide bonds. The Labute approximate surface area is 200 Å². The van der Waals surface area contributed by atoms with E-state index in [1.54, 1.807) is 23.8 Å². The highest BCUT2D eigenvalue weighted by atomic mass is 32.2. The number of thioether (sulfide) groups is 1. The number of nitrogens with one attached hydrogen (secondary N) is 1. The number of anilines is 1. The topological polar surface area (TPSA) is 73.2 Å². The maximum absolute atomic E-state index is 13.5. The third kappa shape index (κ3) is 4.54. The molecule has 0 spiro atoms. The second-order valence-electron chi connectivity index (χ2n) is 7.78. The van der Waals surface area contributed by atoms with Crippen LogP contribution in [0.15, 0.2) is 52.4 Å². The van der Waals surface area contributed by atoms with E-state index in [-0.39, 0.29) is 17.2 Å². The highest BCUT2D eigenvalue weighted by molar-refractivity contribution is 7.99. The number of hydrogen-bond acceptors (Lipinski definition) is 6. The van der Waals surface area contributed by atoms with Crippen molar-refractivity contribution in [1.82, 2.24) is 9.55 Å². The van der Waals surface area contributed by atoms with Crippen molar-refractivity contribution in [3.05, 3.63) is 74.4 Å². The SMILES string of the molecule is COc1ccc(-n2c(SCC(=O)Nc3cccc(C)c3C)nc3sc(C)c(C)c3c2=O)cc1. The number of aryl methyl sites for hydroxylation is 3. The van der Waals surface area contributed by atoms with Gasteiger partial charge in [0.05, 0.1) is 23.9 Å². The van der Waals surface area contributed by atoms with Gasteiger partial charge in [0.2, 0.25) is 5.91 Å². The van der Waals surface area contributed by atoms with Crippen molar-refractivity contribution in [3.63, 3.8) is 0 Å². The van der Waals surface area contributed by atoms with Crippen LogP contribution in [-0.2, 0) is 4.79 Å². The molecule has 2 aromatic carbocycles. The average Bonchev–Trinajstić information content (AvgIpc) is 3.09. The summed E-state index contributed by atoms with van der Waals surface area (Å²) >= 11 is 2.75. The number of ether oxygens (including phenoxy) is 1. The van der Waals surface area contributed by atoms with Gasteiger partial charge < -0.3 is 10.1 Å². The quantitative estimate of drug-likeness (QED) is 0.295. The molecule has 0 saturated carbocycles. The molecule has 0 aliphatic rings. The molecule has 6 nitrogen and oxygen atoms in total. The van der Waals surface area contributed by atoms with Gasteiger partial charge in [-0.2, -0.15) is 0 Å². The number of benzene rings is 2. The van der Waals surface area contributed by atoms with E-state index in [9.17, 15) is 9.59 Å². The first-order chi connectivity index (χ1) is 15.8. The van der Waals surface area contributed by atoms with Crippen LogP contribution in [0.4, 0.5) is 5.69 Å². The molecule has 0 atom stereocenters. The minimum atomic E-state index is -0.150. The number of nitrogens with zero attached hydrogens (tertiary/aromatic N) is 2. The van der Waals surface area contributed by atoms with Crippen molar-refractivity contribution in [3.8, 4) is 11.4 Å². The van der Waals surface area contributed by atoms with E-state index in [1.165, 1.54) is 23.1 Å². The molecule has 0 aliphatic heterocycles. The summed E-state index contributed by atoms with van der Waals surface area (Å²) in [6.45, 7) is 7.93. The highest BCUT2D eigenvalue weighted by Crippen LogP contribution is 2.30. The summed E-state index contributed by atoms with van der Waals surface area (Å²) in [4.78, 5) is 32.8. The van der Waals surface area contributed by atoms with E-state index in [0.717, 1.165) is 27.3 Å². The minimum absolute atomic E-state index is 0.130. The number of amides is 1. The summed E-state index contributed by atoms with van der Waals surface area (Å²) in [7, 11) is 1.60. The Kier molecular flexibility index (Phi) is 6.58. The predicted octanol–water partition coefficient (Wildman–Crippen LogP) is 5.42. The number of fused-ring (bicyclic) bond motifs is 1. The van der Waals surface area contributed by atoms with Gasteiger partial charge in [-0.1, -0.05) is 23.9 Å². The molecule has 0 aliphatic carbocycles. The first-order valence-corrected chi connectivity index (χ1v) is 12.3. The van der Waals surface area contributed by atoms with Crippen LogP contribution < -0.4 is 15.6 Å². The number of carbonyl (C=O) groups excluding carboxylic acids is 1. The Hall–Kier alpha value is -3.10. The molecule has 0 bridgehead atoms. The smallest absolute Gasteiger partial charge is 0.267 e. The molecule has 4 rings (SSSR count). The second-order valence-corrected chi connectivity index (χ2v) is 9.93. The van der Waals surface area contributed by atoms with E-state index in [4.69, 9.17) is 9.72 Å². The van der Waals surface area contributed by atoms with Crippen LogP contribution in [0.5, 0.6) is 5.75 Å². The van der Waals surface area contributed by atoms with Crippen LogP contribution >= 0.6 is 23.1 Å². The molecule has 170 valence electrons. The van der Waals surface area contributed by atoms with Crippen LogP contribution in [-0.4, -0.2) is 28.3 Å². The van der Waals surface area contributed by atoms with E-state index >= 15 is 0 Å². The normalized spacial score (nSPS) is 11.1. The van der Waals surface area contributed by atoms with Crippen LogP contribution in [0.1, 0.15) is 21.6 Å². The zero-order valence-corrected chi connectivity index (χ0v) is 20.8. The lowest BCUT2D eigenvalue weighted by molar-refractivity contribution is -0.113. The van der Waals surface area contributed by atoms with Crippen LogP contribution in [0.2, 0.25) is 0 Å². The van der Waals surface area contributed by atoms with Gasteiger partial charge >= 0.3 is 0 Å². The molecule has 2 aromatic heterocycles. The third-order valence-corrected chi connectivity index (χ3v) is 7.75. The van der Waals surface area contributed by atoms with E-state index in [0.29, 0.717) is 26.8 Å². The highest BCUT2D eigenvalue weighted by Gasteiger charge is 2.19. The largest absolute Gasteiger partial charge is 0.497 e. The maximum Gasteiger partial charge on any atom is 0.267 e. The van der Waals surface area contributed by atoms with Crippen molar-refractivity contribution in [2.75, 3.05) is 18.2 Å². The zero-order valence-electron chi connectivity index (χ0n) is 19.2. The molecule has 4 aromatic rings. The van der Waals surface area contributed by atoms with Crippen LogP contribution in [0.3, 0.4) is 0 Å². The molecule has 0 radical (unpaired) electrons. The van der Waals surface area contributed by atoms with Crippen molar-refractivity contribution in [2.24, 2.45) is 0 Å². The molecule has 0 unspecified atom stereocenters. The molecular formula is C25H25N3O3S2. The van der Waals surface area contributed by atoms with E-state index in [1.807, 2.05) is 58.0 Å². The summed E-state index contributed by atoms with van der Waals surface area (Å²) in [5, 5.41) is 4.08. The number of aromatic nitrogens is 2. The molecule has 1 N–H and O–H groups in total. The fourth-order valence-corrected chi connectivity index (χ4v) is 5.42. The zero-order chi connectivity index (χ0) is 23.7. The van der Waals surface area contributed by atoms with E-state index in [2.05, 4.69) is 5.32 Å². The van der Waals surface area contributed by atoms with E-state index < -0.39 is 0 Å². The number of carbonyl (C=O) groups is 1. The standard InChI is InChI=1S/C25H25N3O3S2/c1-14-7-6-8-20(15(14)2)26-21(29)13-32-25-27-23-22(16(3)17(4)33-23)24(30)28(25)18-9-11-19(31-5)12-10-18/h6-12H,13H2,1-5H3,(H,26,29). The van der Waals surface area contributed by atoms with Crippen molar-refractivity contribution in [2.45, 2.75) is 32.9 Å². The summed E-state index contributed by atoms with van der Waals surface area (Å²) in [5.41, 5.74) is 4.43. The van der Waals surface area contributed by atoms with Gasteiger partial charge in [0, 0.05) is 10.6 Å². The van der Waals surface area contributed by atoms with Gasteiger partial charge in [0.1, 0.15) is 10.6 Å². The lowest BCUT2D eigenvalue weighted by Gasteiger charge is -2.13. The molecular weight excluding hydrogens is 454 g/mol.